The minimum Gasteiger partial charge on any atom is -0.329 e. The van der Waals surface area contributed by atoms with Crippen molar-refractivity contribution in [2.75, 3.05) is 0 Å². The molecule has 0 aliphatic rings. The summed E-state index contributed by atoms with van der Waals surface area (Å²) in [6.07, 6.45) is 9.43. The summed E-state index contributed by atoms with van der Waals surface area (Å²) in [5.41, 5.74) is 5.95. The van der Waals surface area contributed by atoms with Gasteiger partial charge in [0.1, 0.15) is 5.65 Å². The van der Waals surface area contributed by atoms with Gasteiger partial charge in [-0.25, -0.2) is 4.98 Å². The van der Waals surface area contributed by atoms with Crippen molar-refractivity contribution in [2.24, 2.45) is 0 Å². The molecule has 0 radical (unpaired) electrons. The van der Waals surface area contributed by atoms with E-state index in [4.69, 9.17) is 0 Å². The van der Waals surface area contributed by atoms with Crippen molar-refractivity contribution in [3.05, 3.63) is 148 Å². The third kappa shape index (κ3) is 9.17. The molecule has 0 saturated carbocycles. The molecule has 7 heteroatoms. The number of hydrogen-bond acceptors (Lipinski definition) is 3. The molecule has 1 N–H and O–H groups in total. The van der Waals surface area contributed by atoms with Crippen molar-refractivity contribution in [2.45, 2.75) is 79.2 Å². The summed E-state index contributed by atoms with van der Waals surface area (Å²) in [6.45, 7) is 16.8. The van der Waals surface area contributed by atoms with Gasteiger partial charge in [0, 0.05) is 65.6 Å². The molecule has 7 nitrogen and oxygen atoms in total. The summed E-state index contributed by atoms with van der Waals surface area (Å²) in [5.74, 6) is 1.46. The van der Waals surface area contributed by atoms with Gasteiger partial charge < -0.3 is 18.4 Å². The predicted octanol–water partition coefficient (Wildman–Crippen LogP) is 8.45. The van der Waals surface area contributed by atoms with Crippen molar-refractivity contribution in [1.82, 2.24) is 23.3 Å². The molecule has 6 heterocycles. The zero-order valence-electron chi connectivity index (χ0n) is 27.3. The average molecular weight is 594 g/mol. The fourth-order valence-electron chi connectivity index (χ4n) is 4.74. The maximum absolute atomic E-state index is 11.0. The molecule has 0 aromatic carbocycles. The van der Waals surface area contributed by atoms with Gasteiger partial charge in [-0.05, 0) is 86.2 Å². The van der Waals surface area contributed by atoms with E-state index in [1.807, 2.05) is 58.2 Å². The maximum Gasteiger partial charge on any atom is 0.251 e. The minimum absolute atomic E-state index is 0.0255. The number of rotatable bonds is 4. The van der Waals surface area contributed by atoms with Crippen LogP contribution in [-0.2, 0) is 0 Å². The second kappa shape index (κ2) is 16.3. The number of aromatic amines is 1. The van der Waals surface area contributed by atoms with Gasteiger partial charge in [-0.3, -0.25) is 9.59 Å². The third-order valence-corrected chi connectivity index (χ3v) is 7.11. The van der Waals surface area contributed by atoms with Gasteiger partial charge in [0.15, 0.2) is 0 Å². The molecule has 0 aliphatic heterocycles. The first-order chi connectivity index (χ1) is 21.0. The van der Waals surface area contributed by atoms with E-state index in [1.54, 1.807) is 29.1 Å². The van der Waals surface area contributed by atoms with E-state index < -0.39 is 0 Å². The Hall–Kier alpha value is -4.65. The summed E-state index contributed by atoms with van der Waals surface area (Å²) in [7, 11) is 0. The van der Waals surface area contributed by atoms with Crippen molar-refractivity contribution in [1.29, 1.82) is 0 Å². The molecule has 0 atom stereocenters. The normalized spacial score (nSPS) is 10.8. The van der Waals surface area contributed by atoms with Crippen LogP contribution >= 0.6 is 0 Å². The predicted molar refractivity (Wildman–Crippen MR) is 183 cm³/mol. The Balaban J connectivity index is 0.000000161. The Morgan fingerprint density at radius 1 is 0.614 bits per heavy atom. The standard InChI is InChI=1S/C11H13N.C10H12N2.2C8H11NO/c1-9(2)11-7-6-10-5-3-4-8-12(10)11;1-8(2)9-4-5-10-11-6-3-7-12(9)10;1-7(2)9-6-4-3-5-8(9)10;1-6(2)7-4-3-5-9-8(7)10/h3-9H,1-2H3;3-8H,1-2H3;3-7H,1-2H3;3-6H,1-2H3,(H,9,10). The van der Waals surface area contributed by atoms with Crippen molar-refractivity contribution in [3.63, 3.8) is 0 Å². The van der Waals surface area contributed by atoms with Gasteiger partial charge in [-0.15, -0.1) is 0 Å². The van der Waals surface area contributed by atoms with Crippen molar-refractivity contribution >= 4 is 11.2 Å². The zero-order chi connectivity index (χ0) is 32.2. The van der Waals surface area contributed by atoms with Gasteiger partial charge in [0.2, 0.25) is 0 Å². The van der Waals surface area contributed by atoms with Crippen LogP contribution in [0.15, 0.2) is 119 Å². The van der Waals surface area contributed by atoms with Crippen molar-refractivity contribution in [3.8, 4) is 0 Å². The summed E-state index contributed by atoms with van der Waals surface area (Å²) in [6, 6.07) is 25.9. The van der Waals surface area contributed by atoms with Crippen LogP contribution in [0.5, 0.6) is 0 Å². The first kappa shape index (κ1) is 33.8. The number of H-pyrrole nitrogens is 1. The lowest BCUT2D eigenvalue weighted by atomic mass is 10.1. The van der Waals surface area contributed by atoms with Gasteiger partial charge in [-0.1, -0.05) is 59.7 Å². The average Bonchev–Trinajstić information content (AvgIpc) is 3.64. The summed E-state index contributed by atoms with van der Waals surface area (Å²) in [5, 5.41) is 0. The van der Waals surface area contributed by atoms with Crippen LogP contribution in [0, 0.1) is 0 Å². The van der Waals surface area contributed by atoms with Crippen LogP contribution < -0.4 is 11.1 Å². The van der Waals surface area contributed by atoms with E-state index in [9.17, 15) is 9.59 Å². The largest absolute Gasteiger partial charge is 0.329 e. The second-order valence-electron chi connectivity index (χ2n) is 11.8. The maximum atomic E-state index is 11.0. The Kier molecular flexibility index (Phi) is 12.5. The molecular weight excluding hydrogens is 546 g/mol. The number of pyridine rings is 3. The van der Waals surface area contributed by atoms with E-state index in [-0.39, 0.29) is 17.2 Å². The van der Waals surface area contributed by atoms with Crippen LogP contribution in [0.3, 0.4) is 0 Å². The highest BCUT2D eigenvalue weighted by Gasteiger charge is 2.05. The quantitative estimate of drug-likeness (QED) is 0.223. The molecule has 0 aliphatic carbocycles. The number of nitrogens with one attached hydrogen (secondary N) is 1. The fraction of sp³-hybridized carbons (Fsp3) is 0.324. The second-order valence-corrected chi connectivity index (χ2v) is 11.8. The van der Waals surface area contributed by atoms with Crippen LogP contribution in [0.2, 0.25) is 0 Å². The van der Waals surface area contributed by atoms with Gasteiger partial charge in [-0.2, -0.15) is 0 Å². The summed E-state index contributed by atoms with van der Waals surface area (Å²) >= 11 is 0. The Morgan fingerprint density at radius 3 is 1.84 bits per heavy atom. The van der Waals surface area contributed by atoms with Crippen LogP contribution in [0.4, 0.5) is 0 Å². The highest BCUT2D eigenvalue weighted by Crippen LogP contribution is 2.18. The molecule has 6 aromatic rings. The Labute approximate surface area is 260 Å². The Bertz CT molecular complexity index is 1700. The molecule has 6 rings (SSSR count). The topological polar surface area (TPSA) is 76.6 Å². The molecule has 0 fully saturated rings. The molecule has 6 aromatic heterocycles. The zero-order valence-corrected chi connectivity index (χ0v) is 27.3. The number of nitrogens with zero attached hydrogens (tertiary/aromatic N) is 4. The van der Waals surface area contributed by atoms with Crippen LogP contribution in [0.1, 0.15) is 96.1 Å². The first-order valence-electron chi connectivity index (χ1n) is 15.3. The number of aromatic nitrogens is 5. The van der Waals surface area contributed by atoms with Crippen LogP contribution in [0.25, 0.3) is 11.2 Å². The lowest BCUT2D eigenvalue weighted by Gasteiger charge is -2.06. The summed E-state index contributed by atoms with van der Waals surface area (Å²) in [4.78, 5) is 28.9. The molecule has 44 heavy (non-hydrogen) atoms. The summed E-state index contributed by atoms with van der Waals surface area (Å²) < 4.78 is 6.06. The molecule has 0 unspecified atom stereocenters. The first-order valence-corrected chi connectivity index (χ1v) is 15.3. The number of fused-ring (bicyclic) bond motifs is 2. The third-order valence-electron chi connectivity index (χ3n) is 7.11. The van der Waals surface area contributed by atoms with E-state index in [0.29, 0.717) is 17.8 Å². The van der Waals surface area contributed by atoms with Crippen molar-refractivity contribution < 1.29 is 0 Å². The molecular formula is C37H47N5O2. The SMILES string of the molecule is CC(C)c1ccc2ccccn12.CC(C)c1ccc2ncccn12.CC(C)c1ccc[nH]c1=O.CC(C)n1ccccc1=O. The molecule has 0 spiro atoms. The number of hydrogen-bond donors (Lipinski definition) is 1. The van der Waals surface area contributed by atoms with Gasteiger partial charge in [0.25, 0.3) is 11.1 Å². The van der Waals surface area contributed by atoms with E-state index >= 15 is 0 Å². The molecule has 0 amide bonds. The highest BCUT2D eigenvalue weighted by atomic mass is 16.1. The molecule has 0 saturated heterocycles. The monoisotopic (exact) mass is 593 g/mol. The smallest absolute Gasteiger partial charge is 0.251 e. The van der Waals surface area contributed by atoms with E-state index in [2.05, 4.69) is 101 Å². The van der Waals surface area contributed by atoms with Gasteiger partial charge in [0.05, 0.1) is 0 Å². The Morgan fingerprint density at radius 2 is 1.25 bits per heavy atom. The molecule has 0 bridgehead atoms. The molecule has 232 valence electrons. The highest BCUT2D eigenvalue weighted by molar-refractivity contribution is 5.49. The fourth-order valence-corrected chi connectivity index (χ4v) is 4.74. The van der Waals surface area contributed by atoms with Gasteiger partial charge >= 0.3 is 0 Å². The van der Waals surface area contributed by atoms with E-state index in [1.165, 1.54) is 16.9 Å². The lowest BCUT2D eigenvalue weighted by molar-refractivity contribution is 0.578. The van der Waals surface area contributed by atoms with E-state index in [0.717, 1.165) is 11.2 Å². The van der Waals surface area contributed by atoms with Crippen LogP contribution in [-0.4, -0.2) is 23.3 Å². The minimum atomic E-state index is 0.0255. The lowest BCUT2D eigenvalue weighted by Crippen LogP contribution is -2.19.